The van der Waals surface area contributed by atoms with Crippen molar-refractivity contribution in [2.75, 3.05) is 4.90 Å². The quantitative estimate of drug-likeness (QED) is 0.128. The van der Waals surface area contributed by atoms with Crippen LogP contribution in [-0.2, 0) is 0 Å². The zero-order chi connectivity index (χ0) is 33.9. The Bertz CT molecular complexity index is 2750. The van der Waals surface area contributed by atoms with Gasteiger partial charge in [-0.05, 0) is 94.2 Å². The van der Waals surface area contributed by atoms with E-state index >= 15 is 0 Å². The van der Waals surface area contributed by atoms with Crippen molar-refractivity contribution in [1.82, 2.24) is 4.57 Å². The Morgan fingerprint density at radius 2 is 1.14 bits per heavy atom. The lowest BCUT2D eigenvalue weighted by Gasteiger charge is -2.26. The van der Waals surface area contributed by atoms with Crippen LogP contribution in [0.1, 0.15) is 0 Å². The van der Waals surface area contributed by atoms with Gasteiger partial charge in [0, 0.05) is 33.4 Å². The second-order valence-electron chi connectivity index (χ2n) is 13.1. The van der Waals surface area contributed by atoms with E-state index < -0.39 is 0 Å². The highest BCUT2D eigenvalue weighted by molar-refractivity contribution is 7.58. The Kier molecular flexibility index (Phi) is 7.12. The predicted octanol–water partition coefficient (Wildman–Crippen LogP) is 11.4. The molecule has 1 aliphatic heterocycles. The summed E-state index contributed by atoms with van der Waals surface area (Å²) in [6, 6.07) is 63.5. The summed E-state index contributed by atoms with van der Waals surface area (Å²) in [6.07, 6.45) is 0. The van der Waals surface area contributed by atoms with Crippen LogP contribution in [0.2, 0.25) is 0 Å². The fourth-order valence-corrected chi connectivity index (χ4v) is 8.96. The van der Waals surface area contributed by atoms with E-state index in [0.29, 0.717) is 0 Å². The van der Waals surface area contributed by atoms with E-state index in [-0.39, 0.29) is 9.19 Å². The molecule has 9 aromatic rings. The number of benzene rings is 8. The molecule has 8 aromatic carbocycles. The van der Waals surface area contributed by atoms with Crippen LogP contribution in [0.15, 0.2) is 176 Å². The topological polar surface area (TPSA) is 17.4 Å². The molecule has 0 aliphatic carbocycles. The van der Waals surface area contributed by atoms with Crippen LogP contribution < -0.4 is 14.8 Å². The average Bonchev–Trinajstić information content (AvgIpc) is 3.54. The monoisotopic (exact) mass is 688 g/mol. The highest BCUT2D eigenvalue weighted by Gasteiger charge is 2.26. The minimum atomic E-state index is -0.322. The minimum absolute atomic E-state index is 0.322. The molecular formula is C46H33N2OPSi. The van der Waals surface area contributed by atoms with Gasteiger partial charge in [0.1, 0.15) is 0 Å². The van der Waals surface area contributed by atoms with Gasteiger partial charge >= 0.3 is 0 Å². The van der Waals surface area contributed by atoms with Crippen LogP contribution >= 0.6 is 8.79 Å². The predicted molar refractivity (Wildman–Crippen MR) is 222 cm³/mol. The molecule has 0 amide bonds. The highest BCUT2D eigenvalue weighted by atomic mass is 31.3. The SMILES string of the molecule is P[SiH2]c1ccc(N(c2ccc(-c3ccc4ccccc4c3)cc2)c2ccc(-c3ccc4c5ccccc5n5c4c3Oc3ccccc3-5)cc2)cc1. The molecule has 0 radical (unpaired) electrons. The molecule has 1 aliphatic rings. The van der Waals surface area contributed by atoms with Crippen molar-refractivity contribution in [3.05, 3.63) is 176 Å². The second kappa shape index (κ2) is 12.1. The van der Waals surface area contributed by atoms with Gasteiger partial charge in [0.2, 0.25) is 0 Å². The van der Waals surface area contributed by atoms with Crippen molar-refractivity contribution in [3.63, 3.8) is 0 Å². The van der Waals surface area contributed by atoms with Crippen LogP contribution in [0.4, 0.5) is 17.1 Å². The molecule has 0 fully saturated rings. The molecule has 0 spiro atoms. The van der Waals surface area contributed by atoms with Crippen molar-refractivity contribution in [3.8, 4) is 39.4 Å². The van der Waals surface area contributed by atoms with Gasteiger partial charge in [0.25, 0.3) is 0 Å². The number of rotatable bonds is 6. The summed E-state index contributed by atoms with van der Waals surface area (Å²) in [6.45, 7) is 0. The summed E-state index contributed by atoms with van der Waals surface area (Å²) >= 11 is 0. The zero-order valence-electron chi connectivity index (χ0n) is 27.8. The fourth-order valence-electron chi connectivity index (χ4n) is 7.64. The Morgan fingerprint density at radius 1 is 0.510 bits per heavy atom. The highest BCUT2D eigenvalue weighted by Crippen LogP contribution is 2.49. The molecule has 242 valence electrons. The fraction of sp³-hybridized carbons (Fsp3) is 0. The van der Waals surface area contributed by atoms with E-state index in [1.54, 1.807) is 0 Å². The molecule has 0 N–H and O–H groups in total. The number of anilines is 3. The second-order valence-corrected chi connectivity index (χ2v) is 15.6. The summed E-state index contributed by atoms with van der Waals surface area (Å²) in [7, 11) is 2.64. The lowest BCUT2D eigenvalue weighted by molar-refractivity contribution is 0.478. The molecule has 0 saturated carbocycles. The average molecular weight is 689 g/mol. The van der Waals surface area contributed by atoms with Crippen LogP contribution in [0.5, 0.6) is 11.5 Å². The molecule has 1 unspecified atom stereocenters. The minimum Gasteiger partial charge on any atom is -0.452 e. The first kappa shape index (κ1) is 29.9. The Balaban J connectivity index is 1.06. The first-order chi connectivity index (χ1) is 25.2. The van der Waals surface area contributed by atoms with Crippen molar-refractivity contribution >= 4 is 72.8 Å². The van der Waals surface area contributed by atoms with Crippen LogP contribution in [0.25, 0.3) is 60.5 Å². The third-order valence-electron chi connectivity index (χ3n) is 10.2. The lowest BCUT2D eigenvalue weighted by atomic mass is 10.00. The van der Waals surface area contributed by atoms with Gasteiger partial charge in [-0.1, -0.05) is 114 Å². The molecule has 1 atom stereocenters. The third-order valence-corrected chi connectivity index (χ3v) is 12.5. The molecular weight excluding hydrogens is 656 g/mol. The van der Waals surface area contributed by atoms with Crippen LogP contribution in [-0.4, -0.2) is 13.8 Å². The standard InChI is InChI=1S/C46H33N2OPSi/c50-51-38-25-23-37(24-26-38)47(35-19-15-31(16-20-35)34-14-13-30-7-1-2-8-33(30)29-34)36-21-17-32(18-22-36)39-27-28-41-40-9-3-4-10-42(40)48-43-11-5-6-12-44(43)49-46(39)45(41)48/h1-29H,50-51H2. The molecule has 2 heterocycles. The van der Waals surface area contributed by atoms with E-state index in [9.17, 15) is 0 Å². The molecule has 51 heavy (non-hydrogen) atoms. The Morgan fingerprint density at radius 3 is 1.90 bits per heavy atom. The molecule has 0 saturated heterocycles. The maximum absolute atomic E-state index is 6.74. The Labute approximate surface area is 301 Å². The van der Waals surface area contributed by atoms with E-state index in [4.69, 9.17) is 4.74 Å². The van der Waals surface area contributed by atoms with Gasteiger partial charge in [-0.2, -0.15) is 8.79 Å². The molecule has 3 nitrogen and oxygen atoms in total. The maximum atomic E-state index is 6.74. The van der Waals surface area contributed by atoms with Crippen LogP contribution in [0.3, 0.4) is 0 Å². The number of aromatic nitrogens is 1. The van der Waals surface area contributed by atoms with E-state index in [0.717, 1.165) is 50.9 Å². The molecule has 1 aromatic heterocycles. The molecule has 10 rings (SSSR count). The van der Waals surface area contributed by atoms with Gasteiger partial charge in [0.05, 0.1) is 25.9 Å². The van der Waals surface area contributed by atoms with Crippen molar-refractivity contribution in [2.45, 2.75) is 0 Å². The van der Waals surface area contributed by atoms with Crippen molar-refractivity contribution in [1.29, 1.82) is 0 Å². The van der Waals surface area contributed by atoms with Gasteiger partial charge in [-0.25, -0.2) is 0 Å². The van der Waals surface area contributed by atoms with E-state index in [1.165, 1.54) is 43.4 Å². The van der Waals surface area contributed by atoms with Gasteiger partial charge in [-0.3, -0.25) is 0 Å². The first-order valence-corrected chi connectivity index (χ1v) is 21.3. The van der Waals surface area contributed by atoms with E-state index in [2.05, 4.69) is 188 Å². The maximum Gasteiger partial charge on any atom is 0.160 e. The lowest BCUT2D eigenvalue weighted by Crippen LogP contribution is -2.13. The van der Waals surface area contributed by atoms with Gasteiger partial charge < -0.3 is 14.2 Å². The number of hydrogen-bond donors (Lipinski definition) is 0. The van der Waals surface area contributed by atoms with Gasteiger partial charge in [0.15, 0.2) is 11.5 Å². The summed E-state index contributed by atoms with van der Waals surface area (Å²) in [4.78, 5) is 2.35. The largest absolute Gasteiger partial charge is 0.452 e. The first-order valence-electron chi connectivity index (χ1n) is 17.4. The number of fused-ring (bicyclic) bond motifs is 6. The summed E-state index contributed by atoms with van der Waals surface area (Å²) in [5, 5.41) is 6.36. The number of hydrogen-bond acceptors (Lipinski definition) is 2. The third kappa shape index (κ3) is 4.99. The molecule has 5 heteroatoms. The Hall–Kier alpha value is -5.93. The summed E-state index contributed by atoms with van der Waals surface area (Å²) < 4.78 is 9.11. The molecule has 0 bridgehead atoms. The smallest absolute Gasteiger partial charge is 0.160 e. The number of nitrogens with zero attached hydrogens (tertiary/aromatic N) is 2. The van der Waals surface area contributed by atoms with Crippen molar-refractivity contribution in [2.24, 2.45) is 0 Å². The number of para-hydroxylation sites is 3. The van der Waals surface area contributed by atoms with Crippen molar-refractivity contribution < 1.29 is 4.74 Å². The van der Waals surface area contributed by atoms with Crippen LogP contribution in [0, 0.1) is 0 Å². The normalized spacial score (nSPS) is 12.1. The number of ether oxygens (including phenoxy) is 1. The van der Waals surface area contributed by atoms with Gasteiger partial charge in [-0.15, -0.1) is 0 Å². The summed E-state index contributed by atoms with van der Waals surface area (Å²) in [5.41, 5.74) is 11.3. The summed E-state index contributed by atoms with van der Waals surface area (Å²) in [5.74, 6) is 1.76. The zero-order valence-corrected chi connectivity index (χ0v) is 30.4. The van der Waals surface area contributed by atoms with E-state index in [1.807, 2.05) is 6.07 Å².